The molecule has 1 amide bonds. The second-order valence-electron chi connectivity index (χ2n) is 10.8. The Bertz CT molecular complexity index is 1870. The lowest BCUT2D eigenvalue weighted by Crippen LogP contribution is -2.46. The molecule has 1 saturated heterocycles. The lowest BCUT2D eigenvalue weighted by atomic mass is 10.0. The zero-order valence-electron chi connectivity index (χ0n) is 25.2. The van der Waals surface area contributed by atoms with E-state index in [0.717, 1.165) is 17.7 Å². The second-order valence-corrected chi connectivity index (χ2v) is 10.8. The number of carbonyl (C=O) groups excluding carboxylic acids is 2. The van der Waals surface area contributed by atoms with E-state index in [1.165, 1.54) is 61.4 Å². The van der Waals surface area contributed by atoms with Gasteiger partial charge in [0.2, 0.25) is 6.43 Å². The monoisotopic (exact) mass is 640 g/mol. The number of nitrogens with zero attached hydrogens (tertiary/aromatic N) is 5. The van der Waals surface area contributed by atoms with Gasteiger partial charge in [-0.05, 0) is 42.3 Å². The van der Waals surface area contributed by atoms with Crippen LogP contribution in [0.4, 0.5) is 18.9 Å². The number of aromatic nitrogens is 4. The summed E-state index contributed by atoms with van der Waals surface area (Å²) in [6, 6.07) is 5.20. The first-order chi connectivity index (χ1) is 22.0. The number of amides is 1. The molecule has 1 aliphatic heterocycles. The van der Waals surface area contributed by atoms with Crippen LogP contribution in [0.2, 0.25) is 0 Å². The van der Waals surface area contributed by atoms with Crippen LogP contribution in [0.25, 0.3) is 16.7 Å². The number of esters is 1. The number of ether oxygens (including phenoxy) is 2. The van der Waals surface area contributed by atoms with Gasteiger partial charge in [0.25, 0.3) is 11.5 Å². The van der Waals surface area contributed by atoms with Crippen LogP contribution in [0.3, 0.4) is 0 Å². The molecule has 1 aliphatic rings. The highest BCUT2D eigenvalue weighted by molar-refractivity contribution is 5.98. The molecular formula is C31H31F3N6O6. The van der Waals surface area contributed by atoms with Crippen LogP contribution in [0.15, 0.2) is 58.5 Å². The Labute approximate surface area is 260 Å². The smallest absolute Gasteiger partial charge is 0.337 e. The molecule has 0 spiro atoms. The summed E-state index contributed by atoms with van der Waals surface area (Å²) in [6.07, 6.45) is 1.07. The molecule has 242 valence electrons. The number of rotatable bonds is 9. The third kappa shape index (κ3) is 6.49. The second kappa shape index (κ2) is 13.5. The zero-order valence-corrected chi connectivity index (χ0v) is 25.2. The fourth-order valence-corrected chi connectivity index (χ4v) is 5.54. The lowest BCUT2D eigenvalue weighted by molar-refractivity contribution is -0.142. The Kier molecular flexibility index (Phi) is 9.51. The molecule has 4 heterocycles. The average molecular weight is 641 g/mol. The fraction of sp³-hybridized carbons (Fsp3) is 0.355. The van der Waals surface area contributed by atoms with E-state index < -0.39 is 53.9 Å². The van der Waals surface area contributed by atoms with E-state index in [1.807, 2.05) is 0 Å². The number of morpholine rings is 1. The number of anilines is 1. The van der Waals surface area contributed by atoms with Crippen molar-refractivity contribution in [1.29, 1.82) is 0 Å². The van der Waals surface area contributed by atoms with E-state index >= 15 is 4.39 Å². The van der Waals surface area contributed by atoms with E-state index in [0.29, 0.717) is 16.8 Å². The van der Waals surface area contributed by atoms with Gasteiger partial charge < -0.3 is 19.7 Å². The maximum atomic E-state index is 15.4. The first-order valence-corrected chi connectivity index (χ1v) is 14.3. The van der Waals surface area contributed by atoms with Crippen molar-refractivity contribution in [3.05, 3.63) is 92.3 Å². The number of fused-ring (bicyclic) bond motifs is 1. The number of aryl methyl sites for hydroxylation is 2. The maximum Gasteiger partial charge on any atom is 0.337 e. The van der Waals surface area contributed by atoms with Gasteiger partial charge in [0.15, 0.2) is 0 Å². The topological polar surface area (TPSA) is 138 Å². The number of halogens is 3. The van der Waals surface area contributed by atoms with Gasteiger partial charge in [-0.2, -0.15) is 0 Å². The van der Waals surface area contributed by atoms with Crippen LogP contribution in [0.1, 0.15) is 27.9 Å². The Morgan fingerprint density at radius 1 is 1.17 bits per heavy atom. The minimum Gasteiger partial charge on any atom is -0.467 e. The summed E-state index contributed by atoms with van der Waals surface area (Å²) in [5, 5.41) is 2.78. The summed E-state index contributed by atoms with van der Waals surface area (Å²) in [5.41, 5.74) is -0.143. The van der Waals surface area contributed by atoms with Crippen molar-refractivity contribution >= 4 is 28.5 Å². The van der Waals surface area contributed by atoms with Gasteiger partial charge in [0.1, 0.15) is 17.7 Å². The quantitative estimate of drug-likeness (QED) is 0.273. The Morgan fingerprint density at radius 2 is 1.96 bits per heavy atom. The van der Waals surface area contributed by atoms with Crippen LogP contribution in [0.5, 0.6) is 0 Å². The SMILES string of the molecule is COC(=O)[C@H](Cc1ccc(-n2c(=O)c3ccncc3n(C)c2=O)nc1)NC(=O)c1c(C)cc(N2CCOC[C@@H]2CC(F)F)cc1F. The van der Waals surface area contributed by atoms with Crippen molar-refractivity contribution in [1.82, 2.24) is 24.4 Å². The van der Waals surface area contributed by atoms with Crippen LogP contribution in [0, 0.1) is 12.7 Å². The Morgan fingerprint density at radius 3 is 2.63 bits per heavy atom. The van der Waals surface area contributed by atoms with Crippen molar-refractivity contribution in [3.8, 4) is 5.82 Å². The molecule has 0 bridgehead atoms. The molecular weight excluding hydrogens is 609 g/mol. The summed E-state index contributed by atoms with van der Waals surface area (Å²) >= 11 is 0. The van der Waals surface area contributed by atoms with Gasteiger partial charge in [-0.3, -0.25) is 19.1 Å². The Hall–Kier alpha value is -5.05. The van der Waals surface area contributed by atoms with E-state index in [-0.39, 0.29) is 48.5 Å². The number of benzene rings is 1. The molecule has 1 fully saturated rings. The minimum atomic E-state index is -2.57. The predicted molar refractivity (Wildman–Crippen MR) is 161 cm³/mol. The third-order valence-electron chi connectivity index (χ3n) is 7.85. The van der Waals surface area contributed by atoms with Crippen LogP contribution < -0.4 is 21.5 Å². The van der Waals surface area contributed by atoms with Crippen LogP contribution >= 0.6 is 0 Å². The largest absolute Gasteiger partial charge is 0.467 e. The predicted octanol–water partition coefficient (Wildman–Crippen LogP) is 2.30. The van der Waals surface area contributed by atoms with Crippen molar-refractivity contribution in [3.63, 3.8) is 0 Å². The van der Waals surface area contributed by atoms with E-state index in [9.17, 15) is 28.0 Å². The van der Waals surface area contributed by atoms with E-state index in [2.05, 4.69) is 15.3 Å². The van der Waals surface area contributed by atoms with Gasteiger partial charge in [0, 0.05) is 44.5 Å². The highest BCUT2D eigenvalue weighted by Crippen LogP contribution is 2.28. The fourth-order valence-electron chi connectivity index (χ4n) is 5.54. The molecule has 1 N–H and O–H groups in total. The summed E-state index contributed by atoms with van der Waals surface area (Å²) in [5.74, 6) is -2.53. The van der Waals surface area contributed by atoms with E-state index in [4.69, 9.17) is 9.47 Å². The maximum absolute atomic E-state index is 15.4. The number of pyridine rings is 2. The molecule has 2 atom stereocenters. The van der Waals surface area contributed by atoms with Gasteiger partial charge in [0.05, 0.1) is 49.0 Å². The molecule has 1 aromatic carbocycles. The van der Waals surface area contributed by atoms with Crippen molar-refractivity contribution < 1.29 is 32.2 Å². The molecule has 0 aliphatic carbocycles. The number of nitrogens with one attached hydrogen (secondary N) is 1. The lowest BCUT2D eigenvalue weighted by Gasteiger charge is -2.37. The van der Waals surface area contributed by atoms with E-state index in [1.54, 1.807) is 4.90 Å². The van der Waals surface area contributed by atoms with Crippen molar-refractivity contribution in [2.24, 2.45) is 7.05 Å². The van der Waals surface area contributed by atoms with Crippen LogP contribution in [-0.4, -0.2) is 76.4 Å². The highest BCUT2D eigenvalue weighted by Gasteiger charge is 2.29. The molecule has 3 aromatic heterocycles. The molecule has 0 unspecified atom stereocenters. The number of carbonyl (C=O) groups is 2. The molecule has 0 saturated carbocycles. The van der Waals surface area contributed by atoms with Gasteiger partial charge in [-0.25, -0.2) is 32.3 Å². The number of alkyl halides is 2. The van der Waals surface area contributed by atoms with Crippen molar-refractivity contribution in [2.75, 3.05) is 31.8 Å². The highest BCUT2D eigenvalue weighted by atomic mass is 19.3. The number of methoxy groups -OCH3 is 1. The minimum absolute atomic E-state index is 0.0422. The summed E-state index contributed by atoms with van der Waals surface area (Å²) < 4.78 is 54.0. The Balaban J connectivity index is 1.37. The van der Waals surface area contributed by atoms with Crippen molar-refractivity contribution in [2.45, 2.75) is 38.3 Å². The van der Waals surface area contributed by atoms with Gasteiger partial charge in [-0.1, -0.05) is 6.07 Å². The summed E-state index contributed by atoms with van der Waals surface area (Å²) in [7, 11) is 2.64. The average Bonchev–Trinajstić information content (AvgIpc) is 3.03. The third-order valence-corrected chi connectivity index (χ3v) is 7.85. The summed E-state index contributed by atoms with van der Waals surface area (Å²) in [4.78, 5) is 61.8. The number of hydrogen-bond acceptors (Lipinski definition) is 9. The number of hydrogen-bond donors (Lipinski definition) is 1. The molecule has 15 heteroatoms. The first-order valence-electron chi connectivity index (χ1n) is 14.3. The normalized spacial score (nSPS) is 15.6. The summed E-state index contributed by atoms with van der Waals surface area (Å²) in [6.45, 7) is 2.14. The zero-order chi connectivity index (χ0) is 33.1. The van der Waals surface area contributed by atoms with Crippen LogP contribution in [-0.2, 0) is 27.7 Å². The van der Waals surface area contributed by atoms with Gasteiger partial charge >= 0.3 is 11.7 Å². The molecule has 12 nitrogen and oxygen atoms in total. The molecule has 5 rings (SSSR count). The first kappa shape index (κ1) is 32.3. The van der Waals surface area contributed by atoms with Gasteiger partial charge in [-0.15, -0.1) is 0 Å². The standard InChI is InChI=1S/C31H31F3N6O6/c1-17-10-19(39-8-9-46-16-20(39)13-25(33)34)12-22(32)27(17)28(41)37-23(30(43)45-3)11-18-4-5-26(36-14-18)40-29(42)21-6-7-35-15-24(21)38(2)31(40)44/h4-7,10,12,14-15,20,23,25H,8-9,11,13,16H2,1-3H3,(H,37,41)/t20-,23-/m0/s1. The molecule has 0 radical (unpaired) electrons. The molecule has 4 aromatic rings. The molecule has 46 heavy (non-hydrogen) atoms.